The van der Waals surface area contributed by atoms with Crippen LogP contribution in [0.1, 0.15) is 48.6 Å². The smallest absolute Gasteiger partial charge is 0.221 e. The van der Waals surface area contributed by atoms with Crippen LogP contribution in [0.3, 0.4) is 0 Å². The van der Waals surface area contributed by atoms with E-state index in [1.165, 1.54) is 31.4 Å². The summed E-state index contributed by atoms with van der Waals surface area (Å²) in [5, 5.41) is 17.7. The molecule has 0 aliphatic heterocycles. The Morgan fingerprint density at radius 1 is 0.969 bits per heavy atom. The second kappa shape index (κ2) is 8.55. The number of nitrogens with zero attached hydrogens (tertiary/aromatic N) is 7. The first-order chi connectivity index (χ1) is 15.7. The molecule has 32 heavy (non-hydrogen) atoms. The Bertz CT molecular complexity index is 1300. The molecule has 1 fully saturated rings. The number of nitrogens with two attached hydrogens (primary N) is 1. The van der Waals surface area contributed by atoms with Crippen LogP contribution in [0.15, 0.2) is 54.7 Å². The highest BCUT2D eigenvalue weighted by Crippen LogP contribution is 2.33. The lowest BCUT2D eigenvalue weighted by Crippen LogP contribution is -2.05. The molecule has 0 amide bonds. The van der Waals surface area contributed by atoms with Crippen LogP contribution < -0.4 is 5.73 Å². The molecule has 3 aromatic heterocycles. The van der Waals surface area contributed by atoms with Crippen LogP contribution in [0.2, 0.25) is 0 Å². The minimum atomic E-state index is 0.139. The highest BCUT2D eigenvalue weighted by Gasteiger charge is 2.18. The molecule has 8 nitrogen and oxygen atoms in total. The fourth-order valence-electron chi connectivity index (χ4n) is 4.19. The quantitative estimate of drug-likeness (QED) is 0.517. The fraction of sp³-hybridized carbons (Fsp3) is 0.250. The number of rotatable bonds is 5. The number of nitriles is 1. The van der Waals surface area contributed by atoms with Gasteiger partial charge in [0.2, 0.25) is 5.95 Å². The standard InChI is InChI=1S/C24H22N8/c25-13-16-5-3-8-18(11-16)21-12-22(29-24(26)28-21)23-15-32(31-30-23)14-19-9-4-10-20(27-19)17-6-1-2-7-17/h3-5,8-12,15,17H,1-2,6-7,14H2,(H2,26,28,29). The van der Waals surface area contributed by atoms with Crippen molar-refractivity contribution in [1.29, 1.82) is 5.26 Å². The van der Waals surface area contributed by atoms with Gasteiger partial charge in [0.1, 0.15) is 5.69 Å². The van der Waals surface area contributed by atoms with Gasteiger partial charge in [-0.25, -0.2) is 14.6 Å². The second-order valence-corrected chi connectivity index (χ2v) is 8.03. The van der Waals surface area contributed by atoms with Gasteiger partial charge in [-0.15, -0.1) is 5.10 Å². The molecule has 1 aromatic carbocycles. The summed E-state index contributed by atoms with van der Waals surface area (Å²) >= 11 is 0. The molecule has 0 atom stereocenters. The number of hydrogen-bond donors (Lipinski definition) is 1. The topological polar surface area (TPSA) is 119 Å². The molecule has 0 radical (unpaired) electrons. The van der Waals surface area contributed by atoms with E-state index in [-0.39, 0.29) is 5.95 Å². The second-order valence-electron chi connectivity index (χ2n) is 8.03. The third-order valence-corrected chi connectivity index (χ3v) is 5.76. The summed E-state index contributed by atoms with van der Waals surface area (Å²) in [5.74, 6) is 0.712. The summed E-state index contributed by atoms with van der Waals surface area (Å²) in [6.07, 6.45) is 6.85. The van der Waals surface area contributed by atoms with E-state index in [0.29, 0.717) is 35.1 Å². The van der Waals surface area contributed by atoms with Crippen molar-refractivity contribution in [1.82, 2.24) is 29.9 Å². The fourth-order valence-corrected chi connectivity index (χ4v) is 4.19. The van der Waals surface area contributed by atoms with Crippen LogP contribution in [0.25, 0.3) is 22.6 Å². The molecule has 5 rings (SSSR count). The van der Waals surface area contributed by atoms with Gasteiger partial charge in [0.05, 0.1) is 41.5 Å². The normalized spacial score (nSPS) is 13.8. The lowest BCUT2D eigenvalue weighted by Gasteiger charge is -2.10. The summed E-state index contributed by atoms with van der Waals surface area (Å²) in [7, 11) is 0. The maximum Gasteiger partial charge on any atom is 0.221 e. The number of pyridine rings is 1. The molecule has 3 heterocycles. The van der Waals surface area contributed by atoms with Gasteiger partial charge in [0.25, 0.3) is 0 Å². The molecule has 158 valence electrons. The summed E-state index contributed by atoms with van der Waals surface area (Å²) in [5.41, 5.74) is 11.2. The van der Waals surface area contributed by atoms with Crippen molar-refractivity contribution in [3.8, 4) is 28.7 Å². The van der Waals surface area contributed by atoms with Crippen LogP contribution in [-0.2, 0) is 6.54 Å². The van der Waals surface area contributed by atoms with Gasteiger partial charge in [-0.05, 0) is 43.2 Å². The van der Waals surface area contributed by atoms with Crippen molar-refractivity contribution >= 4 is 5.95 Å². The van der Waals surface area contributed by atoms with Crippen molar-refractivity contribution in [2.75, 3.05) is 5.73 Å². The molecular formula is C24H22N8. The summed E-state index contributed by atoms with van der Waals surface area (Å²) < 4.78 is 1.75. The Labute approximate surface area is 185 Å². The number of nitrogen functional groups attached to an aromatic ring is 1. The van der Waals surface area contributed by atoms with E-state index < -0.39 is 0 Å². The van der Waals surface area contributed by atoms with E-state index in [4.69, 9.17) is 16.0 Å². The Kier molecular flexibility index (Phi) is 5.30. The van der Waals surface area contributed by atoms with Gasteiger partial charge in [-0.2, -0.15) is 5.26 Å². The molecule has 0 saturated heterocycles. The van der Waals surface area contributed by atoms with Crippen molar-refractivity contribution in [3.05, 3.63) is 71.7 Å². The molecule has 1 saturated carbocycles. The molecule has 8 heteroatoms. The number of aromatic nitrogens is 6. The molecule has 2 N–H and O–H groups in total. The first kappa shape index (κ1) is 19.8. The Hall–Kier alpha value is -4.12. The van der Waals surface area contributed by atoms with Crippen LogP contribution >= 0.6 is 0 Å². The minimum Gasteiger partial charge on any atom is -0.368 e. The van der Waals surface area contributed by atoms with E-state index >= 15 is 0 Å². The Balaban J connectivity index is 1.39. The van der Waals surface area contributed by atoms with E-state index in [9.17, 15) is 0 Å². The predicted octanol–water partition coefficient (Wildman–Crippen LogP) is 3.96. The lowest BCUT2D eigenvalue weighted by molar-refractivity contribution is 0.627. The maximum absolute atomic E-state index is 9.17. The number of hydrogen-bond acceptors (Lipinski definition) is 7. The average Bonchev–Trinajstić information content (AvgIpc) is 3.52. The van der Waals surface area contributed by atoms with Gasteiger partial charge in [-0.3, -0.25) is 4.98 Å². The molecule has 0 bridgehead atoms. The maximum atomic E-state index is 9.17. The van der Waals surface area contributed by atoms with Crippen molar-refractivity contribution in [3.63, 3.8) is 0 Å². The highest BCUT2D eigenvalue weighted by atomic mass is 15.4. The van der Waals surface area contributed by atoms with Crippen LogP contribution in [-0.4, -0.2) is 29.9 Å². The van der Waals surface area contributed by atoms with Gasteiger partial charge < -0.3 is 5.73 Å². The Morgan fingerprint density at radius 3 is 2.62 bits per heavy atom. The van der Waals surface area contributed by atoms with E-state index in [0.717, 1.165) is 11.3 Å². The van der Waals surface area contributed by atoms with E-state index in [2.05, 4.69) is 38.5 Å². The third-order valence-electron chi connectivity index (χ3n) is 5.76. The minimum absolute atomic E-state index is 0.139. The zero-order valence-corrected chi connectivity index (χ0v) is 17.5. The van der Waals surface area contributed by atoms with Crippen LogP contribution in [0.4, 0.5) is 5.95 Å². The third kappa shape index (κ3) is 4.18. The average molecular weight is 422 g/mol. The molecule has 1 aliphatic rings. The summed E-state index contributed by atoms with van der Waals surface area (Å²) in [6, 6.07) is 17.4. The Morgan fingerprint density at radius 2 is 1.78 bits per heavy atom. The molecule has 1 aliphatic carbocycles. The number of anilines is 1. The molecular weight excluding hydrogens is 400 g/mol. The monoisotopic (exact) mass is 422 g/mol. The van der Waals surface area contributed by atoms with E-state index in [1.54, 1.807) is 22.9 Å². The number of benzene rings is 1. The van der Waals surface area contributed by atoms with Gasteiger partial charge >= 0.3 is 0 Å². The van der Waals surface area contributed by atoms with Crippen LogP contribution in [0, 0.1) is 11.3 Å². The van der Waals surface area contributed by atoms with Crippen molar-refractivity contribution in [2.45, 2.75) is 38.1 Å². The van der Waals surface area contributed by atoms with Gasteiger partial charge in [0, 0.05) is 17.2 Å². The molecule has 0 unspecified atom stereocenters. The summed E-state index contributed by atoms with van der Waals surface area (Å²) in [6.45, 7) is 0.533. The van der Waals surface area contributed by atoms with Gasteiger partial charge in [-0.1, -0.05) is 36.3 Å². The summed E-state index contributed by atoms with van der Waals surface area (Å²) in [4.78, 5) is 13.5. The zero-order chi connectivity index (χ0) is 21.9. The van der Waals surface area contributed by atoms with Crippen molar-refractivity contribution in [2.24, 2.45) is 0 Å². The largest absolute Gasteiger partial charge is 0.368 e. The SMILES string of the molecule is N#Cc1cccc(-c2cc(-c3cn(Cc4cccc(C5CCCC5)n4)nn3)nc(N)n2)c1. The first-order valence-electron chi connectivity index (χ1n) is 10.7. The van der Waals surface area contributed by atoms with Crippen LogP contribution in [0.5, 0.6) is 0 Å². The predicted molar refractivity (Wildman–Crippen MR) is 120 cm³/mol. The molecule has 0 spiro atoms. The lowest BCUT2D eigenvalue weighted by atomic mass is 10.0. The van der Waals surface area contributed by atoms with Gasteiger partial charge in [0.15, 0.2) is 0 Å². The van der Waals surface area contributed by atoms with E-state index in [1.807, 2.05) is 24.4 Å². The first-order valence-corrected chi connectivity index (χ1v) is 10.7. The molecule has 4 aromatic rings. The van der Waals surface area contributed by atoms with Crippen molar-refractivity contribution < 1.29 is 0 Å². The highest BCUT2D eigenvalue weighted by molar-refractivity contribution is 5.68. The zero-order valence-electron chi connectivity index (χ0n) is 17.5.